The lowest BCUT2D eigenvalue weighted by Gasteiger charge is -2.29. The highest BCUT2D eigenvalue weighted by Gasteiger charge is 2.25. The van der Waals surface area contributed by atoms with Gasteiger partial charge in [0, 0.05) is 25.8 Å². The third kappa shape index (κ3) is 10.6. The Hall–Kier alpha value is -1.24. The minimum Gasteiger partial charge on any atom is -0.458 e. The van der Waals surface area contributed by atoms with E-state index in [1.807, 2.05) is 0 Å². The number of rotatable bonds is 8. The van der Waals surface area contributed by atoms with Crippen molar-refractivity contribution in [3.63, 3.8) is 0 Å². The molecule has 0 aromatic rings. The summed E-state index contributed by atoms with van der Waals surface area (Å²) in [5, 5.41) is 2.79. The van der Waals surface area contributed by atoms with Gasteiger partial charge in [-0.1, -0.05) is 43.9 Å². The number of urea groups is 1. The molecule has 0 spiro atoms. The summed E-state index contributed by atoms with van der Waals surface area (Å²) >= 11 is 1.22. The first-order valence-electron chi connectivity index (χ1n) is 10.00. The van der Waals surface area contributed by atoms with Crippen molar-refractivity contribution >= 4 is 28.9 Å². The molecule has 0 bridgehead atoms. The lowest BCUT2D eigenvalue weighted by Crippen LogP contribution is -2.49. The zero-order chi connectivity index (χ0) is 20.4. The zero-order valence-corrected chi connectivity index (χ0v) is 18.3. The van der Waals surface area contributed by atoms with Crippen LogP contribution in [0.25, 0.3) is 0 Å². The molecule has 0 aromatic heterocycles. The van der Waals surface area contributed by atoms with Crippen LogP contribution in [-0.2, 0) is 14.3 Å². The van der Waals surface area contributed by atoms with Gasteiger partial charge in [-0.05, 0) is 40.0 Å². The molecule has 1 aliphatic rings. The van der Waals surface area contributed by atoms with Crippen molar-refractivity contribution in [2.24, 2.45) is 5.92 Å². The van der Waals surface area contributed by atoms with Crippen molar-refractivity contribution in [1.82, 2.24) is 10.2 Å². The van der Waals surface area contributed by atoms with Crippen LogP contribution in [0.2, 0.25) is 0 Å². The van der Waals surface area contributed by atoms with Crippen molar-refractivity contribution < 1.29 is 19.1 Å². The van der Waals surface area contributed by atoms with Crippen LogP contribution < -0.4 is 5.32 Å². The molecule has 0 saturated heterocycles. The number of ether oxygens (including phenoxy) is 1. The molecule has 1 rings (SSSR count). The van der Waals surface area contributed by atoms with E-state index < -0.39 is 17.6 Å². The Balaban J connectivity index is 2.58. The van der Waals surface area contributed by atoms with Gasteiger partial charge in [0.15, 0.2) is 5.12 Å². The second kappa shape index (κ2) is 11.6. The molecule has 7 heteroatoms. The summed E-state index contributed by atoms with van der Waals surface area (Å²) in [7, 11) is 0. The van der Waals surface area contributed by atoms with Crippen LogP contribution in [0.1, 0.15) is 73.1 Å². The molecule has 1 fully saturated rings. The van der Waals surface area contributed by atoms with Gasteiger partial charge in [-0.3, -0.25) is 4.79 Å². The minimum absolute atomic E-state index is 0.0461. The molecular formula is C20H36N2O4S. The predicted octanol–water partition coefficient (Wildman–Crippen LogP) is 3.98. The van der Waals surface area contributed by atoms with Crippen LogP contribution in [0, 0.1) is 5.92 Å². The van der Waals surface area contributed by atoms with Crippen LogP contribution in [-0.4, -0.2) is 52.5 Å². The van der Waals surface area contributed by atoms with E-state index in [-0.39, 0.29) is 11.1 Å². The fraction of sp³-hybridized carbons (Fsp3) is 0.850. The van der Waals surface area contributed by atoms with E-state index in [1.165, 1.54) is 50.8 Å². The normalized spacial score (nSPS) is 16.5. The number of esters is 1. The molecule has 1 N–H and O–H groups in total. The molecule has 1 unspecified atom stereocenters. The van der Waals surface area contributed by atoms with Gasteiger partial charge in [-0.2, -0.15) is 0 Å². The summed E-state index contributed by atoms with van der Waals surface area (Å²) in [4.78, 5) is 37.7. The predicted molar refractivity (Wildman–Crippen MR) is 110 cm³/mol. The molecule has 0 aromatic carbocycles. The number of thioether (sulfide) groups is 1. The van der Waals surface area contributed by atoms with Gasteiger partial charge >= 0.3 is 12.0 Å². The molecule has 2 amide bonds. The van der Waals surface area contributed by atoms with Crippen molar-refractivity contribution in [3.8, 4) is 0 Å². The van der Waals surface area contributed by atoms with Gasteiger partial charge in [0.2, 0.25) is 0 Å². The molecule has 0 radical (unpaired) electrons. The Labute approximate surface area is 168 Å². The largest absolute Gasteiger partial charge is 0.458 e. The maximum atomic E-state index is 12.7. The fourth-order valence-electron chi connectivity index (χ4n) is 3.15. The average Bonchev–Trinajstić information content (AvgIpc) is 2.56. The molecule has 27 heavy (non-hydrogen) atoms. The maximum absolute atomic E-state index is 12.7. The summed E-state index contributed by atoms with van der Waals surface area (Å²) in [6.45, 7) is 9.70. The van der Waals surface area contributed by atoms with Gasteiger partial charge < -0.3 is 15.0 Å². The highest BCUT2D eigenvalue weighted by molar-refractivity contribution is 8.13. The quantitative estimate of drug-likeness (QED) is 0.624. The molecule has 6 nitrogen and oxygen atoms in total. The maximum Gasteiger partial charge on any atom is 0.328 e. The van der Waals surface area contributed by atoms with Crippen LogP contribution in [0.5, 0.6) is 0 Å². The van der Waals surface area contributed by atoms with Gasteiger partial charge in [-0.25, -0.2) is 9.59 Å². The number of carbonyl (C=O) groups is 3. The third-order valence-electron chi connectivity index (χ3n) is 4.59. The lowest BCUT2D eigenvalue weighted by atomic mass is 9.87. The third-order valence-corrected chi connectivity index (χ3v) is 5.38. The van der Waals surface area contributed by atoms with Gasteiger partial charge in [0.1, 0.15) is 11.6 Å². The molecular weight excluding hydrogens is 364 g/mol. The van der Waals surface area contributed by atoms with E-state index in [2.05, 4.69) is 5.32 Å². The van der Waals surface area contributed by atoms with Crippen LogP contribution >= 0.6 is 11.8 Å². The Bertz CT molecular complexity index is 499. The van der Waals surface area contributed by atoms with Gasteiger partial charge in [-0.15, -0.1) is 0 Å². The fourth-order valence-corrected chi connectivity index (χ4v) is 3.75. The number of hydrogen-bond acceptors (Lipinski definition) is 5. The molecule has 1 atom stereocenters. The van der Waals surface area contributed by atoms with Crippen molar-refractivity contribution in [2.75, 3.05) is 18.8 Å². The monoisotopic (exact) mass is 400 g/mol. The summed E-state index contributed by atoms with van der Waals surface area (Å²) in [5.41, 5.74) is -0.588. The summed E-state index contributed by atoms with van der Waals surface area (Å²) < 4.78 is 5.33. The molecule has 1 aliphatic carbocycles. The molecule has 156 valence electrons. The highest BCUT2D eigenvalue weighted by Crippen LogP contribution is 2.26. The second-order valence-corrected chi connectivity index (χ2v) is 9.60. The number of hydrogen-bond donors (Lipinski definition) is 1. The first-order chi connectivity index (χ1) is 12.6. The lowest BCUT2D eigenvalue weighted by molar-refractivity contribution is -0.156. The zero-order valence-electron chi connectivity index (χ0n) is 17.5. The topological polar surface area (TPSA) is 75.7 Å². The van der Waals surface area contributed by atoms with Gasteiger partial charge in [0.25, 0.3) is 0 Å². The number of nitrogens with one attached hydrogen (secondary N) is 1. The smallest absolute Gasteiger partial charge is 0.328 e. The van der Waals surface area contributed by atoms with E-state index in [0.29, 0.717) is 24.8 Å². The minimum atomic E-state index is -0.714. The van der Waals surface area contributed by atoms with Crippen LogP contribution in [0.3, 0.4) is 0 Å². The Morgan fingerprint density at radius 2 is 1.78 bits per heavy atom. The molecule has 0 heterocycles. The summed E-state index contributed by atoms with van der Waals surface area (Å²) in [5.74, 6) is 0.785. The number of carbonyl (C=O) groups excluding carboxylic acids is 3. The summed E-state index contributed by atoms with van der Waals surface area (Å²) in [6, 6.07) is -0.984. The Morgan fingerprint density at radius 3 is 2.33 bits per heavy atom. The standard InChI is InChI=1S/C20H36N2O4S/c1-15(18(24)26-20(3,4)5)21-19(25)22(13-14-27-16(2)23)12-11-17-9-7-6-8-10-17/h15,17H,6-14H2,1-5H3,(H,21,25). The van der Waals surface area contributed by atoms with Crippen molar-refractivity contribution in [1.29, 1.82) is 0 Å². The highest BCUT2D eigenvalue weighted by atomic mass is 32.2. The van der Waals surface area contributed by atoms with E-state index in [9.17, 15) is 14.4 Å². The van der Waals surface area contributed by atoms with Crippen LogP contribution in [0.15, 0.2) is 0 Å². The van der Waals surface area contributed by atoms with E-state index in [0.717, 1.165) is 6.42 Å². The number of nitrogens with zero attached hydrogens (tertiary/aromatic N) is 1. The Kier molecular flexibility index (Phi) is 10.2. The van der Waals surface area contributed by atoms with Crippen molar-refractivity contribution in [2.45, 2.75) is 84.8 Å². The van der Waals surface area contributed by atoms with E-state index in [1.54, 1.807) is 32.6 Å². The SMILES string of the molecule is CC(=O)SCCN(CCC1CCCCC1)C(=O)NC(C)C(=O)OC(C)(C)C. The summed E-state index contributed by atoms with van der Waals surface area (Å²) in [6.07, 6.45) is 7.28. The number of amides is 2. The average molecular weight is 401 g/mol. The van der Waals surface area contributed by atoms with Gasteiger partial charge in [0.05, 0.1) is 0 Å². The first-order valence-corrected chi connectivity index (χ1v) is 11.0. The van der Waals surface area contributed by atoms with E-state index >= 15 is 0 Å². The first kappa shape index (κ1) is 23.8. The Morgan fingerprint density at radius 1 is 1.15 bits per heavy atom. The van der Waals surface area contributed by atoms with E-state index in [4.69, 9.17) is 4.74 Å². The van der Waals surface area contributed by atoms with Crippen LogP contribution in [0.4, 0.5) is 4.79 Å². The van der Waals surface area contributed by atoms with Crippen molar-refractivity contribution in [3.05, 3.63) is 0 Å². The second-order valence-electron chi connectivity index (χ2n) is 8.32. The molecule has 0 aliphatic heterocycles. The molecule has 1 saturated carbocycles.